The van der Waals surface area contributed by atoms with Crippen LogP contribution >= 0.6 is 11.6 Å². The predicted octanol–water partition coefficient (Wildman–Crippen LogP) is 4.42. The fourth-order valence-corrected chi connectivity index (χ4v) is 4.32. The Labute approximate surface area is 170 Å². The number of hydrogen-bond donors (Lipinski definition) is 3. The molecule has 0 saturated carbocycles. The van der Waals surface area contributed by atoms with Gasteiger partial charge in [0, 0.05) is 10.4 Å². The van der Waals surface area contributed by atoms with E-state index in [0.29, 0.717) is 10.8 Å². The summed E-state index contributed by atoms with van der Waals surface area (Å²) in [5.41, 5.74) is -0.232. The van der Waals surface area contributed by atoms with E-state index in [0.717, 1.165) is 12.1 Å². The first kappa shape index (κ1) is 21.1. The highest BCUT2D eigenvalue weighted by molar-refractivity contribution is 7.86. The highest BCUT2D eigenvalue weighted by atomic mass is 35.5. The van der Waals surface area contributed by atoms with Gasteiger partial charge in [0.1, 0.15) is 15.5 Å². The zero-order valence-electron chi connectivity index (χ0n) is 14.6. The molecule has 0 aliphatic rings. The van der Waals surface area contributed by atoms with Crippen molar-refractivity contribution >= 4 is 54.0 Å². The van der Waals surface area contributed by atoms with E-state index in [1.165, 1.54) is 13.0 Å². The van der Waals surface area contributed by atoms with Gasteiger partial charge >= 0.3 is 0 Å². The molecule has 0 saturated heterocycles. The third kappa shape index (κ3) is 4.23. The lowest BCUT2D eigenvalue weighted by molar-refractivity contribution is 0.445. The van der Waals surface area contributed by atoms with E-state index in [-0.39, 0.29) is 22.0 Å². The standard InChI is InChI=1S/C17H13ClN2O7S2/c1-9-13(18)7-11(8-14(9)28(22,23)24)19-20-16-12-5-3-2-4-10(12)6-15(17(16)21)29(25,26)27/h2-8,21H,1H3,(H,22,23,24)(H,25,26,27). The molecule has 0 fully saturated rings. The van der Waals surface area contributed by atoms with E-state index >= 15 is 0 Å². The van der Waals surface area contributed by atoms with Gasteiger partial charge in [-0.25, -0.2) is 0 Å². The van der Waals surface area contributed by atoms with Gasteiger partial charge in [0.2, 0.25) is 0 Å². The molecule has 0 unspecified atom stereocenters. The van der Waals surface area contributed by atoms with E-state index in [4.69, 9.17) is 11.6 Å². The van der Waals surface area contributed by atoms with Crippen molar-refractivity contribution in [3.63, 3.8) is 0 Å². The zero-order chi connectivity index (χ0) is 21.6. The minimum Gasteiger partial charge on any atom is -0.504 e. The number of phenols is 1. The fourth-order valence-electron chi connectivity index (χ4n) is 2.66. The molecule has 12 heteroatoms. The highest BCUT2D eigenvalue weighted by Crippen LogP contribution is 2.41. The van der Waals surface area contributed by atoms with Crippen molar-refractivity contribution in [1.82, 2.24) is 0 Å². The van der Waals surface area contributed by atoms with Crippen molar-refractivity contribution in [3.8, 4) is 5.75 Å². The van der Waals surface area contributed by atoms with Crippen LogP contribution in [0.3, 0.4) is 0 Å². The zero-order valence-corrected chi connectivity index (χ0v) is 17.0. The van der Waals surface area contributed by atoms with E-state index in [1.54, 1.807) is 24.3 Å². The Kier molecular flexibility index (Phi) is 5.36. The van der Waals surface area contributed by atoms with Gasteiger partial charge in [-0.15, -0.1) is 5.11 Å². The molecule has 152 valence electrons. The summed E-state index contributed by atoms with van der Waals surface area (Å²) in [4.78, 5) is -1.23. The van der Waals surface area contributed by atoms with Crippen LogP contribution in [0.1, 0.15) is 5.56 Å². The average molecular weight is 457 g/mol. The summed E-state index contributed by atoms with van der Waals surface area (Å²) >= 11 is 5.98. The molecule has 0 atom stereocenters. The Morgan fingerprint density at radius 2 is 1.52 bits per heavy atom. The molecular weight excluding hydrogens is 444 g/mol. The largest absolute Gasteiger partial charge is 0.504 e. The van der Waals surface area contributed by atoms with E-state index in [1.807, 2.05) is 0 Å². The number of benzene rings is 3. The number of azo groups is 1. The van der Waals surface area contributed by atoms with Gasteiger partial charge in [-0.2, -0.15) is 21.9 Å². The van der Waals surface area contributed by atoms with Crippen LogP contribution in [0.5, 0.6) is 5.75 Å². The Balaban J connectivity index is 2.25. The lowest BCUT2D eigenvalue weighted by Gasteiger charge is -2.09. The quantitative estimate of drug-likeness (QED) is 0.387. The summed E-state index contributed by atoms with van der Waals surface area (Å²) in [5.74, 6) is -0.830. The lowest BCUT2D eigenvalue weighted by atomic mass is 10.1. The fraction of sp³-hybridized carbons (Fsp3) is 0.0588. The van der Waals surface area contributed by atoms with Crippen LogP contribution in [-0.4, -0.2) is 31.0 Å². The monoisotopic (exact) mass is 456 g/mol. The van der Waals surface area contributed by atoms with Crippen molar-refractivity contribution in [2.45, 2.75) is 16.7 Å². The first-order valence-electron chi connectivity index (χ1n) is 7.81. The molecule has 3 aromatic rings. The molecular formula is C17H13ClN2O7S2. The van der Waals surface area contributed by atoms with Crippen LogP contribution in [0.25, 0.3) is 10.8 Å². The Morgan fingerprint density at radius 3 is 2.14 bits per heavy atom. The summed E-state index contributed by atoms with van der Waals surface area (Å²) < 4.78 is 64.8. The topological polar surface area (TPSA) is 154 Å². The number of phenolic OH excluding ortho intramolecular Hbond substituents is 1. The Bertz CT molecular complexity index is 1380. The van der Waals surface area contributed by atoms with Crippen LogP contribution in [-0.2, 0) is 20.2 Å². The number of hydrogen-bond acceptors (Lipinski definition) is 7. The smallest absolute Gasteiger partial charge is 0.298 e. The van der Waals surface area contributed by atoms with Crippen LogP contribution in [0.4, 0.5) is 11.4 Å². The summed E-state index contributed by atoms with van der Waals surface area (Å²) in [7, 11) is -9.33. The minimum atomic E-state index is -4.75. The van der Waals surface area contributed by atoms with Gasteiger partial charge in [-0.05, 0) is 36.1 Å². The summed E-state index contributed by atoms with van der Waals surface area (Å²) in [6.45, 7) is 1.39. The van der Waals surface area contributed by atoms with Crippen molar-refractivity contribution < 1.29 is 31.0 Å². The molecule has 0 aliphatic heterocycles. The lowest BCUT2D eigenvalue weighted by Crippen LogP contribution is -2.01. The first-order chi connectivity index (χ1) is 13.4. The van der Waals surface area contributed by atoms with Crippen LogP contribution in [0, 0.1) is 6.92 Å². The second-order valence-electron chi connectivity index (χ2n) is 5.99. The maximum absolute atomic E-state index is 11.6. The van der Waals surface area contributed by atoms with Gasteiger partial charge in [0.05, 0.1) is 5.69 Å². The predicted molar refractivity (Wildman–Crippen MR) is 106 cm³/mol. The molecule has 0 radical (unpaired) electrons. The Morgan fingerprint density at radius 1 is 0.897 bits per heavy atom. The number of nitrogens with zero attached hydrogens (tertiary/aromatic N) is 2. The third-order valence-electron chi connectivity index (χ3n) is 4.06. The van der Waals surface area contributed by atoms with Gasteiger partial charge in [-0.3, -0.25) is 9.11 Å². The van der Waals surface area contributed by atoms with Gasteiger partial charge in [0.15, 0.2) is 5.75 Å². The normalized spacial score (nSPS) is 12.7. The van der Waals surface area contributed by atoms with Crippen molar-refractivity contribution in [2.24, 2.45) is 10.2 Å². The van der Waals surface area contributed by atoms with Gasteiger partial charge in [-0.1, -0.05) is 35.9 Å². The molecule has 0 bridgehead atoms. The highest BCUT2D eigenvalue weighted by Gasteiger charge is 2.22. The maximum Gasteiger partial charge on any atom is 0.298 e. The van der Waals surface area contributed by atoms with Crippen LogP contribution in [0.15, 0.2) is 62.5 Å². The Hall–Kier alpha value is -2.57. The van der Waals surface area contributed by atoms with E-state index in [9.17, 15) is 31.0 Å². The van der Waals surface area contributed by atoms with Gasteiger partial charge in [0.25, 0.3) is 20.2 Å². The van der Waals surface area contributed by atoms with Crippen molar-refractivity contribution in [1.29, 1.82) is 0 Å². The van der Waals surface area contributed by atoms with Crippen molar-refractivity contribution in [3.05, 3.63) is 53.1 Å². The SMILES string of the molecule is Cc1c(Cl)cc(N=Nc2c(O)c(S(=O)(=O)O)cc3ccccc23)cc1S(=O)(=O)O. The van der Waals surface area contributed by atoms with Crippen molar-refractivity contribution in [2.75, 3.05) is 0 Å². The molecule has 0 aliphatic carbocycles. The molecule has 3 aromatic carbocycles. The third-order valence-corrected chi connectivity index (χ3v) is 6.30. The van der Waals surface area contributed by atoms with Gasteiger partial charge < -0.3 is 5.11 Å². The van der Waals surface area contributed by atoms with E-state index < -0.39 is 35.8 Å². The molecule has 3 rings (SSSR count). The summed E-state index contributed by atoms with van der Waals surface area (Å²) in [5, 5.41) is 18.7. The second kappa shape index (κ2) is 7.35. The van der Waals surface area contributed by atoms with Crippen LogP contribution in [0.2, 0.25) is 5.02 Å². The van der Waals surface area contributed by atoms with Crippen LogP contribution < -0.4 is 0 Å². The molecule has 0 heterocycles. The maximum atomic E-state index is 11.6. The molecule has 0 spiro atoms. The summed E-state index contributed by atoms with van der Waals surface area (Å²) in [6, 6.07) is 9.70. The average Bonchev–Trinajstić information content (AvgIpc) is 2.61. The van der Waals surface area contributed by atoms with E-state index in [2.05, 4.69) is 10.2 Å². The molecule has 9 nitrogen and oxygen atoms in total. The molecule has 0 amide bonds. The number of halogens is 1. The number of fused-ring (bicyclic) bond motifs is 1. The number of rotatable bonds is 4. The molecule has 3 N–H and O–H groups in total. The minimum absolute atomic E-state index is 0.00478. The summed E-state index contributed by atoms with van der Waals surface area (Å²) in [6.07, 6.45) is 0. The number of aromatic hydroxyl groups is 1. The molecule has 0 aromatic heterocycles. The second-order valence-corrected chi connectivity index (χ2v) is 9.18. The molecule has 29 heavy (non-hydrogen) atoms. The first-order valence-corrected chi connectivity index (χ1v) is 11.1.